The van der Waals surface area contributed by atoms with E-state index in [1.165, 1.54) is 32.2 Å². The van der Waals surface area contributed by atoms with Gasteiger partial charge in [0.2, 0.25) is 5.78 Å². The topological polar surface area (TPSA) is 225 Å². The highest BCUT2D eigenvalue weighted by atomic mass is 16.7. The number of aromatic hydroxyl groups is 2. The molecule has 14 heteroatoms. The minimum Gasteiger partial charge on any atom is -0.507 e. The molecule has 14 nitrogen and oxygen atoms in total. The molecule has 1 fully saturated rings. The Labute approximate surface area is 277 Å². The molecule has 0 aromatic heterocycles. The Morgan fingerprint density at radius 1 is 1.12 bits per heavy atom. The van der Waals surface area contributed by atoms with Gasteiger partial charge in [0.15, 0.2) is 24.1 Å². The molecule has 2 aromatic carbocycles. The summed E-state index contributed by atoms with van der Waals surface area (Å²) in [5, 5.41) is 54.0. The van der Waals surface area contributed by atoms with Crippen molar-refractivity contribution < 1.29 is 63.6 Å². The predicted molar refractivity (Wildman–Crippen MR) is 167 cm³/mol. The quantitative estimate of drug-likeness (QED) is 0.126. The second-order valence-electron chi connectivity index (χ2n) is 12.9. The van der Waals surface area contributed by atoms with Crippen LogP contribution in [0.1, 0.15) is 96.0 Å². The van der Waals surface area contributed by atoms with Crippen molar-refractivity contribution in [1.82, 2.24) is 0 Å². The summed E-state index contributed by atoms with van der Waals surface area (Å²) in [7, 11) is 1.33. The largest absolute Gasteiger partial charge is 0.507 e. The molecule has 2 aromatic rings. The number of fused-ring (bicyclic) bond motifs is 3. The SMILES string of the molecule is COc1cccc2c1C(=O)c1c(O)c3c(c(O)c1C2=O)C[C@@](O)(C(C)=O)C[C@@H]3O[C@H]1C[C@H](N)[C@H](OC(CC(C)O)OC(C)CO)[C@H](C)O1. The van der Waals surface area contributed by atoms with Crippen molar-refractivity contribution in [3.63, 3.8) is 0 Å². The lowest BCUT2D eigenvalue weighted by atomic mass is 9.72. The van der Waals surface area contributed by atoms with Crippen molar-refractivity contribution in [1.29, 1.82) is 0 Å². The average Bonchev–Trinajstić information content (AvgIpc) is 3.02. The van der Waals surface area contributed by atoms with E-state index < -0.39 is 101 Å². The lowest BCUT2D eigenvalue weighted by Crippen LogP contribution is -2.55. The molecule has 9 atom stereocenters. The molecule has 48 heavy (non-hydrogen) atoms. The Bertz CT molecular complexity index is 1580. The number of ketones is 3. The number of hydrogen-bond acceptors (Lipinski definition) is 14. The van der Waals surface area contributed by atoms with Gasteiger partial charge in [-0.3, -0.25) is 14.4 Å². The summed E-state index contributed by atoms with van der Waals surface area (Å²) in [5.74, 6) is -3.31. The average molecular weight is 674 g/mol. The highest BCUT2D eigenvalue weighted by Gasteiger charge is 2.49. The van der Waals surface area contributed by atoms with E-state index >= 15 is 0 Å². The van der Waals surface area contributed by atoms with E-state index in [9.17, 15) is 39.9 Å². The van der Waals surface area contributed by atoms with Gasteiger partial charge in [0, 0.05) is 48.4 Å². The molecular weight excluding hydrogens is 630 g/mol. The zero-order valence-corrected chi connectivity index (χ0v) is 27.5. The van der Waals surface area contributed by atoms with E-state index in [1.54, 1.807) is 20.8 Å². The Morgan fingerprint density at radius 2 is 1.81 bits per heavy atom. The van der Waals surface area contributed by atoms with Crippen LogP contribution in [0.2, 0.25) is 0 Å². The zero-order valence-electron chi connectivity index (χ0n) is 27.5. The van der Waals surface area contributed by atoms with E-state index in [2.05, 4.69) is 0 Å². The smallest absolute Gasteiger partial charge is 0.202 e. The number of aliphatic hydroxyl groups excluding tert-OH is 2. The van der Waals surface area contributed by atoms with Crippen molar-refractivity contribution in [2.75, 3.05) is 13.7 Å². The third-order valence-electron chi connectivity index (χ3n) is 9.25. The molecule has 262 valence electrons. The Hall–Kier alpha value is -3.47. The van der Waals surface area contributed by atoms with Crippen LogP contribution in [-0.4, -0.2) is 105 Å². The first-order valence-corrected chi connectivity index (χ1v) is 15.9. The van der Waals surface area contributed by atoms with Gasteiger partial charge in [-0.1, -0.05) is 12.1 Å². The number of phenols is 2. The number of aliphatic hydroxyl groups is 3. The van der Waals surface area contributed by atoms with Gasteiger partial charge in [0.25, 0.3) is 0 Å². The number of methoxy groups -OCH3 is 1. The van der Waals surface area contributed by atoms with Crippen molar-refractivity contribution in [2.24, 2.45) is 5.73 Å². The van der Waals surface area contributed by atoms with E-state index in [0.717, 1.165) is 0 Å². The standard InChI is InChI=1S/C34H43NO13/c1-14(37)9-23(45-15(2)13-36)48-33-16(3)46-24(10-20(33)35)47-22-12-34(43,17(4)38)11-19-26(22)32(42)28-27(30(19)40)29(39)18-7-6-8-21(44-5)25(18)31(28)41/h6-8,14-16,20,22-24,33,36-37,40,42-43H,9-13,35H2,1-5H3/t14?,15?,16-,20-,22-,23?,24-,33+,34-/m0/s1. The number of ether oxygens (including phenoxy) is 5. The van der Waals surface area contributed by atoms with Crippen molar-refractivity contribution >= 4 is 17.3 Å². The second kappa shape index (κ2) is 13.8. The maximum Gasteiger partial charge on any atom is 0.202 e. The van der Waals surface area contributed by atoms with E-state index in [4.69, 9.17) is 29.4 Å². The fraction of sp³-hybridized carbons (Fsp3) is 0.559. The molecule has 0 spiro atoms. The monoisotopic (exact) mass is 673 g/mol. The second-order valence-corrected chi connectivity index (χ2v) is 12.9. The van der Waals surface area contributed by atoms with Crippen LogP contribution in [0.3, 0.4) is 0 Å². The molecule has 1 aliphatic heterocycles. The van der Waals surface area contributed by atoms with Crippen LogP contribution >= 0.6 is 0 Å². The Kier molecular flexibility index (Phi) is 10.3. The summed E-state index contributed by atoms with van der Waals surface area (Å²) in [6.45, 7) is 5.82. The first-order valence-electron chi connectivity index (χ1n) is 15.9. The summed E-state index contributed by atoms with van der Waals surface area (Å²) in [6, 6.07) is 3.72. The molecule has 5 rings (SSSR count). The first-order chi connectivity index (χ1) is 22.6. The van der Waals surface area contributed by atoms with Gasteiger partial charge in [-0.05, 0) is 33.8 Å². The fourth-order valence-corrected chi connectivity index (χ4v) is 6.76. The summed E-state index contributed by atoms with van der Waals surface area (Å²) in [5.41, 5.74) is 3.28. The lowest BCUT2D eigenvalue weighted by molar-refractivity contribution is -0.285. The number of Topliss-reactive ketones (excluding diaryl/α,β-unsaturated/α-hetero) is 1. The van der Waals surface area contributed by atoms with Crippen LogP contribution in [0.15, 0.2) is 18.2 Å². The van der Waals surface area contributed by atoms with E-state index in [-0.39, 0.29) is 53.9 Å². The van der Waals surface area contributed by atoms with Crippen LogP contribution in [0.4, 0.5) is 0 Å². The number of carbonyl (C=O) groups is 3. The molecule has 3 aliphatic rings. The minimum atomic E-state index is -2.05. The molecular formula is C34H43NO13. The van der Waals surface area contributed by atoms with Gasteiger partial charge in [0.05, 0.1) is 54.8 Å². The molecule has 2 aliphatic carbocycles. The maximum absolute atomic E-state index is 13.8. The van der Waals surface area contributed by atoms with Crippen LogP contribution in [-0.2, 0) is 30.2 Å². The Morgan fingerprint density at radius 3 is 2.42 bits per heavy atom. The molecule has 0 bridgehead atoms. The van der Waals surface area contributed by atoms with Crippen LogP contribution in [0.25, 0.3) is 0 Å². The predicted octanol–water partition coefficient (Wildman–Crippen LogP) is 1.55. The molecule has 7 N–H and O–H groups in total. The third kappa shape index (κ3) is 6.46. The molecule has 1 heterocycles. The highest BCUT2D eigenvalue weighted by Crippen LogP contribution is 2.52. The number of phenolic OH excluding ortho intramolecular Hbond substituents is 2. The van der Waals surface area contributed by atoms with Gasteiger partial charge < -0.3 is 55.0 Å². The van der Waals surface area contributed by atoms with Gasteiger partial charge in [-0.15, -0.1) is 0 Å². The molecule has 3 unspecified atom stereocenters. The molecule has 0 radical (unpaired) electrons. The lowest BCUT2D eigenvalue weighted by Gasteiger charge is -2.43. The minimum absolute atomic E-state index is 0.0332. The number of benzene rings is 2. The molecule has 1 saturated heterocycles. The zero-order chi connectivity index (χ0) is 35.2. The van der Waals surface area contributed by atoms with E-state index in [1.807, 2.05) is 0 Å². The van der Waals surface area contributed by atoms with E-state index in [0.29, 0.717) is 0 Å². The van der Waals surface area contributed by atoms with Crippen molar-refractivity contribution in [3.05, 3.63) is 51.6 Å². The number of hydrogen-bond donors (Lipinski definition) is 6. The Balaban J connectivity index is 1.49. The molecule has 0 amide bonds. The molecule has 0 saturated carbocycles. The van der Waals surface area contributed by atoms with Crippen LogP contribution in [0, 0.1) is 0 Å². The van der Waals surface area contributed by atoms with Crippen molar-refractivity contribution in [3.8, 4) is 17.2 Å². The van der Waals surface area contributed by atoms with Gasteiger partial charge in [0.1, 0.15) is 29.0 Å². The van der Waals surface area contributed by atoms with Gasteiger partial charge >= 0.3 is 0 Å². The maximum atomic E-state index is 13.8. The normalized spacial score (nSPS) is 28.6. The van der Waals surface area contributed by atoms with Crippen molar-refractivity contribution in [2.45, 2.75) is 108 Å². The summed E-state index contributed by atoms with van der Waals surface area (Å²) >= 11 is 0. The first kappa shape index (κ1) is 35.8. The summed E-state index contributed by atoms with van der Waals surface area (Å²) < 4.78 is 29.5. The third-order valence-corrected chi connectivity index (χ3v) is 9.25. The van der Waals surface area contributed by atoms with Crippen LogP contribution < -0.4 is 10.5 Å². The summed E-state index contributed by atoms with van der Waals surface area (Å²) in [6.07, 6.45) is -6.71. The number of carbonyl (C=O) groups excluding carboxylic acids is 3. The highest BCUT2D eigenvalue weighted by molar-refractivity contribution is 6.31. The van der Waals surface area contributed by atoms with Gasteiger partial charge in [-0.25, -0.2) is 0 Å². The number of rotatable bonds is 11. The number of nitrogens with two attached hydrogens (primary N) is 1. The van der Waals surface area contributed by atoms with Gasteiger partial charge in [-0.2, -0.15) is 0 Å². The summed E-state index contributed by atoms with van der Waals surface area (Å²) in [4.78, 5) is 40.2. The fourth-order valence-electron chi connectivity index (χ4n) is 6.76. The van der Waals surface area contributed by atoms with Crippen LogP contribution in [0.5, 0.6) is 17.2 Å².